The van der Waals surface area contributed by atoms with Gasteiger partial charge in [-0.3, -0.25) is 4.90 Å². The summed E-state index contributed by atoms with van der Waals surface area (Å²) in [5, 5.41) is 10.5. The van der Waals surface area contributed by atoms with E-state index in [0.29, 0.717) is 6.54 Å². The average Bonchev–Trinajstić information content (AvgIpc) is 2.68. The van der Waals surface area contributed by atoms with Gasteiger partial charge < -0.3 is 19.3 Å². The molecule has 0 spiro atoms. The van der Waals surface area contributed by atoms with E-state index in [2.05, 4.69) is 4.90 Å². The molecule has 0 bridgehead atoms. The minimum absolute atomic E-state index is 0.495. The van der Waals surface area contributed by atoms with Crippen LogP contribution in [0.4, 0.5) is 0 Å². The molecule has 1 aliphatic rings. The summed E-state index contributed by atoms with van der Waals surface area (Å²) in [7, 11) is 3.29. The number of benzene rings is 2. The molecule has 3 rings (SSSR count). The summed E-state index contributed by atoms with van der Waals surface area (Å²) in [4.78, 5) is 2.23. The monoisotopic (exact) mass is 343 g/mol. The Morgan fingerprint density at radius 2 is 1.76 bits per heavy atom. The second kappa shape index (κ2) is 8.34. The van der Waals surface area contributed by atoms with Gasteiger partial charge in [-0.2, -0.15) is 0 Å². The summed E-state index contributed by atoms with van der Waals surface area (Å²) in [6.07, 6.45) is -0.495. The topological polar surface area (TPSA) is 51.2 Å². The van der Waals surface area contributed by atoms with Crippen molar-refractivity contribution in [2.24, 2.45) is 0 Å². The number of methoxy groups -OCH3 is 2. The van der Waals surface area contributed by atoms with Crippen LogP contribution < -0.4 is 9.47 Å². The lowest BCUT2D eigenvalue weighted by atomic mass is 10.0. The standard InChI is InChI=1S/C20H25NO4/c1-23-17-7-8-18(20(13-17)24-2)15-3-5-16(6-4-15)19(22)14-21-9-11-25-12-10-21/h3-8,13,19,22H,9-12,14H2,1-2H3/t19-/m0/s1. The van der Waals surface area contributed by atoms with Gasteiger partial charge in [0.2, 0.25) is 0 Å². The van der Waals surface area contributed by atoms with E-state index >= 15 is 0 Å². The Bertz CT molecular complexity index is 681. The van der Waals surface area contributed by atoms with Gasteiger partial charge in [0, 0.05) is 31.3 Å². The summed E-state index contributed by atoms with van der Waals surface area (Å²) in [6, 6.07) is 13.8. The zero-order valence-corrected chi connectivity index (χ0v) is 14.8. The highest BCUT2D eigenvalue weighted by atomic mass is 16.5. The van der Waals surface area contributed by atoms with E-state index < -0.39 is 6.10 Å². The smallest absolute Gasteiger partial charge is 0.130 e. The van der Waals surface area contributed by atoms with Gasteiger partial charge in [0.25, 0.3) is 0 Å². The van der Waals surface area contributed by atoms with Crippen LogP contribution in [0.5, 0.6) is 11.5 Å². The zero-order valence-electron chi connectivity index (χ0n) is 14.8. The van der Waals surface area contributed by atoms with Gasteiger partial charge in [0.05, 0.1) is 33.5 Å². The molecule has 134 valence electrons. The fraction of sp³-hybridized carbons (Fsp3) is 0.400. The summed E-state index contributed by atoms with van der Waals surface area (Å²) in [6.45, 7) is 3.86. The molecule has 0 aromatic heterocycles. The summed E-state index contributed by atoms with van der Waals surface area (Å²) in [5.41, 5.74) is 2.96. The fourth-order valence-electron chi connectivity index (χ4n) is 3.06. The van der Waals surface area contributed by atoms with Crippen molar-refractivity contribution in [1.29, 1.82) is 0 Å². The Morgan fingerprint density at radius 3 is 2.40 bits per heavy atom. The van der Waals surface area contributed by atoms with Crippen molar-refractivity contribution in [3.05, 3.63) is 48.0 Å². The van der Waals surface area contributed by atoms with Crippen molar-refractivity contribution in [3.63, 3.8) is 0 Å². The van der Waals surface area contributed by atoms with Gasteiger partial charge in [0.15, 0.2) is 0 Å². The minimum Gasteiger partial charge on any atom is -0.497 e. The Hall–Kier alpha value is -2.08. The number of β-amino-alcohol motifs (C(OH)–C–C–N with tert-alkyl or cyclic N) is 1. The maximum absolute atomic E-state index is 10.5. The molecule has 1 atom stereocenters. The van der Waals surface area contributed by atoms with Crippen molar-refractivity contribution < 1.29 is 19.3 Å². The van der Waals surface area contributed by atoms with Gasteiger partial charge in [0.1, 0.15) is 11.5 Å². The number of hydrogen-bond donors (Lipinski definition) is 1. The molecular formula is C20H25NO4. The number of rotatable bonds is 6. The lowest BCUT2D eigenvalue weighted by Gasteiger charge is -2.28. The number of nitrogens with zero attached hydrogens (tertiary/aromatic N) is 1. The molecule has 1 fully saturated rings. The first-order valence-corrected chi connectivity index (χ1v) is 8.52. The van der Waals surface area contributed by atoms with E-state index in [4.69, 9.17) is 14.2 Å². The van der Waals surface area contributed by atoms with Crippen LogP contribution in [0.3, 0.4) is 0 Å². The highest BCUT2D eigenvalue weighted by Gasteiger charge is 2.16. The summed E-state index contributed by atoms with van der Waals surface area (Å²) < 4.78 is 16.1. The lowest BCUT2D eigenvalue weighted by molar-refractivity contribution is 0.0143. The molecule has 5 nitrogen and oxygen atoms in total. The first-order chi connectivity index (χ1) is 12.2. The number of ether oxygens (including phenoxy) is 3. The average molecular weight is 343 g/mol. The van der Waals surface area contributed by atoms with Crippen molar-refractivity contribution in [3.8, 4) is 22.6 Å². The predicted octanol–water partition coefficient (Wildman–Crippen LogP) is 2.74. The molecule has 0 unspecified atom stereocenters. The van der Waals surface area contributed by atoms with Crippen LogP contribution >= 0.6 is 0 Å². The molecule has 1 heterocycles. The largest absolute Gasteiger partial charge is 0.497 e. The second-order valence-corrected chi connectivity index (χ2v) is 6.12. The Balaban J connectivity index is 1.73. The minimum atomic E-state index is -0.495. The third-order valence-corrected chi connectivity index (χ3v) is 4.55. The third-order valence-electron chi connectivity index (χ3n) is 4.55. The fourth-order valence-corrected chi connectivity index (χ4v) is 3.06. The van der Waals surface area contributed by atoms with Crippen LogP contribution in [0.1, 0.15) is 11.7 Å². The van der Waals surface area contributed by atoms with E-state index in [1.807, 2.05) is 42.5 Å². The van der Waals surface area contributed by atoms with Gasteiger partial charge in [-0.1, -0.05) is 24.3 Å². The van der Waals surface area contributed by atoms with Crippen molar-refractivity contribution >= 4 is 0 Å². The first kappa shape index (κ1) is 17.7. The van der Waals surface area contributed by atoms with E-state index in [0.717, 1.165) is 54.5 Å². The summed E-state index contributed by atoms with van der Waals surface area (Å²) in [5.74, 6) is 1.53. The zero-order chi connectivity index (χ0) is 17.6. The van der Waals surface area contributed by atoms with Crippen LogP contribution in [0.15, 0.2) is 42.5 Å². The van der Waals surface area contributed by atoms with Crippen LogP contribution in [0, 0.1) is 0 Å². The van der Waals surface area contributed by atoms with Crippen molar-refractivity contribution in [2.45, 2.75) is 6.10 Å². The van der Waals surface area contributed by atoms with Gasteiger partial charge in [-0.15, -0.1) is 0 Å². The molecule has 0 saturated carbocycles. The van der Waals surface area contributed by atoms with Crippen molar-refractivity contribution in [2.75, 3.05) is 47.1 Å². The molecule has 1 saturated heterocycles. The molecule has 1 aliphatic heterocycles. The van der Waals surface area contributed by atoms with Gasteiger partial charge >= 0.3 is 0 Å². The highest BCUT2D eigenvalue weighted by Crippen LogP contribution is 2.33. The molecular weight excluding hydrogens is 318 g/mol. The van der Waals surface area contributed by atoms with Crippen molar-refractivity contribution in [1.82, 2.24) is 4.90 Å². The van der Waals surface area contributed by atoms with E-state index in [1.165, 1.54) is 0 Å². The lowest BCUT2D eigenvalue weighted by Crippen LogP contribution is -2.38. The molecule has 2 aromatic carbocycles. The number of aliphatic hydroxyl groups excluding tert-OH is 1. The van der Waals surface area contributed by atoms with Crippen LogP contribution in [-0.4, -0.2) is 57.1 Å². The molecule has 0 amide bonds. The van der Waals surface area contributed by atoms with E-state index in [1.54, 1.807) is 14.2 Å². The van der Waals surface area contributed by atoms with Gasteiger partial charge in [-0.05, 0) is 23.3 Å². The van der Waals surface area contributed by atoms with Gasteiger partial charge in [-0.25, -0.2) is 0 Å². The van der Waals surface area contributed by atoms with E-state index in [-0.39, 0.29) is 0 Å². The van der Waals surface area contributed by atoms with Crippen LogP contribution in [0.25, 0.3) is 11.1 Å². The number of aliphatic hydroxyl groups is 1. The van der Waals surface area contributed by atoms with Crippen LogP contribution in [-0.2, 0) is 4.74 Å². The molecule has 1 N–H and O–H groups in total. The first-order valence-electron chi connectivity index (χ1n) is 8.52. The second-order valence-electron chi connectivity index (χ2n) is 6.12. The Morgan fingerprint density at radius 1 is 1.04 bits per heavy atom. The highest BCUT2D eigenvalue weighted by molar-refractivity contribution is 5.71. The predicted molar refractivity (Wildman–Crippen MR) is 97.2 cm³/mol. The molecule has 2 aromatic rings. The SMILES string of the molecule is COc1ccc(-c2ccc([C@@H](O)CN3CCOCC3)cc2)c(OC)c1. The summed E-state index contributed by atoms with van der Waals surface area (Å²) >= 11 is 0. The molecule has 5 heteroatoms. The van der Waals surface area contributed by atoms with E-state index in [9.17, 15) is 5.11 Å². The normalized spacial score (nSPS) is 16.4. The number of hydrogen-bond acceptors (Lipinski definition) is 5. The number of morpholine rings is 1. The Kier molecular flexibility index (Phi) is 5.91. The quantitative estimate of drug-likeness (QED) is 0.874. The Labute approximate surface area is 148 Å². The third kappa shape index (κ3) is 4.31. The maximum atomic E-state index is 10.5. The maximum Gasteiger partial charge on any atom is 0.130 e. The molecule has 0 aliphatic carbocycles. The molecule has 0 radical (unpaired) electrons. The molecule has 25 heavy (non-hydrogen) atoms. The van der Waals surface area contributed by atoms with Crippen LogP contribution in [0.2, 0.25) is 0 Å².